The van der Waals surface area contributed by atoms with Gasteiger partial charge in [0.1, 0.15) is 17.5 Å². The highest BCUT2D eigenvalue weighted by atomic mass is 32.2. The normalized spacial score (nSPS) is 23.4. The number of anilines is 2. The number of amidine groups is 1. The molecule has 2 aliphatic rings. The summed E-state index contributed by atoms with van der Waals surface area (Å²) in [6.07, 6.45) is 1.17. The summed E-state index contributed by atoms with van der Waals surface area (Å²) in [6, 6.07) is 16.0. The van der Waals surface area contributed by atoms with Crippen LogP contribution in [0.5, 0.6) is 0 Å². The van der Waals surface area contributed by atoms with E-state index in [1.807, 2.05) is 41.3 Å². The largest absolute Gasteiger partial charge is 0.321 e. The number of hydrogen-bond acceptors (Lipinski definition) is 6. The minimum absolute atomic E-state index is 0.0262. The van der Waals surface area contributed by atoms with E-state index in [2.05, 4.69) is 10.3 Å². The molecule has 2 fully saturated rings. The molecule has 158 valence electrons. The summed E-state index contributed by atoms with van der Waals surface area (Å²) in [6.45, 7) is 0. The molecule has 1 amide bonds. The van der Waals surface area contributed by atoms with E-state index >= 15 is 0 Å². The summed E-state index contributed by atoms with van der Waals surface area (Å²) >= 11 is 1.33. The Kier molecular flexibility index (Phi) is 5.80. The lowest BCUT2D eigenvalue weighted by Crippen LogP contribution is -2.37. The van der Waals surface area contributed by atoms with E-state index < -0.39 is 21.6 Å². The molecule has 31 heavy (non-hydrogen) atoms. The summed E-state index contributed by atoms with van der Waals surface area (Å²) in [5.74, 6) is -1.02. The maximum atomic E-state index is 13.0. The molecule has 0 spiro atoms. The first-order valence-electron chi connectivity index (χ1n) is 9.32. The SMILES string of the molecule is N#C/C(=C\N=C1SC2CS(=O)(=O)CC2N1c1ccccc1)C(=O)Nc1ccc(F)cc1. The Hall–Kier alpha value is -3.16. The van der Waals surface area contributed by atoms with Gasteiger partial charge in [0.2, 0.25) is 0 Å². The van der Waals surface area contributed by atoms with E-state index in [1.54, 1.807) is 0 Å². The third-order valence-electron chi connectivity index (χ3n) is 4.87. The van der Waals surface area contributed by atoms with Gasteiger partial charge in [0.15, 0.2) is 15.0 Å². The van der Waals surface area contributed by atoms with Crippen molar-refractivity contribution in [1.29, 1.82) is 5.26 Å². The van der Waals surface area contributed by atoms with Crippen LogP contribution < -0.4 is 10.2 Å². The zero-order valence-corrected chi connectivity index (χ0v) is 17.7. The highest BCUT2D eigenvalue weighted by Crippen LogP contribution is 2.40. The molecule has 0 saturated carbocycles. The predicted molar refractivity (Wildman–Crippen MR) is 119 cm³/mol. The first-order valence-corrected chi connectivity index (χ1v) is 12.0. The fraction of sp³-hybridized carbons (Fsp3) is 0.190. The molecule has 2 unspecified atom stereocenters. The monoisotopic (exact) mass is 456 g/mol. The Labute approximate surface area is 183 Å². The molecule has 2 aromatic rings. The summed E-state index contributed by atoms with van der Waals surface area (Å²) in [5.41, 5.74) is 0.914. The highest BCUT2D eigenvalue weighted by Gasteiger charge is 2.49. The highest BCUT2D eigenvalue weighted by molar-refractivity contribution is 8.16. The van der Waals surface area contributed by atoms with E-state index in [4.69, 9.17) is 0 Å². The molecule has 2 aromatic carbocycles. The van der Waals surface area contributed by atoms with E-state index in [0.717, 1.165) is 5.69 Å². The van der Waals surface area contributed by atoms with Gasteiger partial charge in [0, 0.05) is 16.6 Å². The smallest absolute Gasteiger partial charge is 0.267 e. The van der Waals surface area contributed by atoms with Crippen molar-refractivity contribution >= 4 is 44.0 Å². The first-order chi connectivity index (χ1) is 14.9. The molecule has 0 radical (unpaired) electrons. The number of nitriles is 1. The van der Waals surface area contributed by atoms with Crippen LogP contribution in [0.15, 0.2) is 71.4 Å². The molecule has 0 bridgehead atoms. The molecule has 1 N–H and O–H groups in total. The number of halogens is 1. The zero-order valence-electron chi connectivity index (χ0n) is 16.1. The van der Waals surface area contributed by atoms with Gasteiger partial charge in [-0.3, -0.25) is 4.79 Å². The molecule has 2 heterocycles. The maximum absolute atomic E-state index is 13.0. The van der Waals surface area contributed by atoms with Gasteiger partial charge in [-0.15, -0.1) is 0 Å². The van der Waals surface area contributed by atoms with Crippen LogP contribution in [0.2, 0.25) is 0 Å². The standard InChI is InChI=1S/C21H17FN4O3S2/c22-15-6-8-16(9-7-15)25-20(27)14(10-23)11-24-21-26(17-4-2-1-3-5-17)18-12-31(28,29)13-19(18)30-21/h1-9,11,18-19H,12-13H2,(H,25,27)/b14-11+,24-21?. The lowest BCUT2D eigenvalue weighted by Gasteiger charge is -2.24. The zero-order chi connectivity index (χ0) is 22.0. The molecule has 0 aromatic heterocycles. The fourth-order valence-electron chi connectivity index (χ4n) is 3.46. The Balaban J connectivity index is 1.61. The average Bonchev–Trinajstić information content (AvgIpc) is 3.21. The van der Waals surface area contributed by atoms with Gasteiger partial charge >= 0.3 is 0 Å². The van der Waals surface area contributed by atoms with Gasteiger partial charge < -0.3 is 10.2 Å². The number of sulfone groups is 1. The van der Waals surface area contributed by atoms with Crippen molar-refractivity contribution in [3.63, 3.8) is 0 Å². The minimum Gasteiger partial charge on any atom is -0.321 e. The molecule has 0 aliphatic carbocycles. The second-order valence-electron chi connectivity index (χ2n) is 7.03. The van der Waals surface area contributed by atoms with E-state index in [0.29, 0.717) is 10.9 Å². The lowest BCUT2D eigenvalue weighted by atomic mass is 10.2. The quantitative estimate of drug-likeness (QED) is 0.561. The number of rotatable bonds is 4. The van der Waals surface area contributed by atoms with Crippen LogP contribution in [-0.2, 0) is 14.6 Å². The number of nitrogens with zero attached hydrogens (tertiary/aromatic N) is 3. The number of thioether (sulfide) groups is 1. The van der Waals surface area contributed by atoms with E-state index in [-0.39, 0.29) is 28.4 Å². The van der Waals surface area contributed by atoms with Crippen LogP contribution in [0.4, 0.5) is 15.8 Å². The number of aliphatic imine (C=N–C) groups is 1. The summed E-state index contributed by atoms with van der Waals surface area (Å²) in [5, 5.41) is 12.3. The van der Waals surface area contributed by atoms with Gasteiger partial charge in [-0.05, 0) is 36.4 Å². The third-order valence-corrected chi connectivity index (χ3v) is 8.10. The number of benzene rings is 2. The van der Waals surface area contributed by atoms with Gasteiger partial charge in [-0.1, -0.05) is 30.0 Å². The number of amides is 1. The topological polar surface area (TPSA) is 103 Å². The number of para-hydroxylation sites is 1. The molecule has 10 heteroatoms. The molecular weight excluding hydrogens is 439 g/mol. The van der Waals surface area contributed by atoms with Crippen molar-refractivity contribution in [3.05, 3.63) is 72.2 Å². The molecule has 2 atom stereocenters. The third kappa shape index (κ3) is 4.62. The van der Waals surface area contributed by atoms with Gasteiger partial charge in [0.05, 0.1) is 23.7 Å². The fourth-order valence-corrected chi connectivity index (χ4v) is 7.35. The van der Waals surface area contributed by atoms with E-state index in [1.165, 1.54) is 42.2 Å². The summed E-state index contributed by atoms with van der Waals surface area (Å²) in [4.78, 5) is 18.6. The van der Waals surface area contributed by atoms with Crippen LogP contribution >= 0.6 is 11.8 Å². The van der Waals surface area contributed by atoms with Crippen LogP contribution in [0.3, 0.4) is 0 Å². The van der Waals surface area contributed by atoms with E-state index in [9.17, 15) is 22.9 Å². The van der Waals surface area contributed by atoms with Crippen LogP contribution in [0, 0.1) is 17.1 Å². The van der Waals surface area contributed by atoms with Crippen molar-refractivity contribution in [2.45, 2.75) is 11.3 Å². The number of carbonyl (C=O) groups is 1. The minimum atomic E-state index is -3.13. The second-order valence-corrected chi connectivity index (χ2v) is 10.4. The average molecular weight is 457 g/mol. The van der Waals surface area contributed by atoms with Gasteiger partial charge in [0.25, 0.3) is 5.91 Å². The maximum Gasteiger partial charge on any atom is 0.267 e. The van der Waals surface area contributed by atoms with Crippen molar-refractivity contribution in [3.8, 4) is 6.07 Å². The lowest BCUT2D eigenvalue weighted by molar-refractivity contribution is -0.112. The van der Waals surface area contributed by atoms with Crippen LogP contribution in [-0.4, -0.2) is 42.3 Å². The summed E-state index contributed by atoms with van der Waals surface area (Å²) < 4.78 is 37.3. The van der Waals surface area contributed by atoms with Crippen molar-refractivity contribution in [2.75, 3.05) is 21.7 Å². The van der Waals surface area contributed by atoms with Gasteiger partial charge in [-0.25, -0.2) is 17.8 Å². The molecule has 2 saturated heterocycles. The Morgan fingerprint density at radius 1 is 1.19 bits per heavy atom. The Bertz CT molecular complexity index is 1210. The second kappa shape index (κ2) is 8.53. The summed E-state index contributed by atoms with van der Waals surface area (Å²) in [7, 11) is -3.13. The number of carbonyl (C=O) groups excluding carboxylic acids is 1. The molecule has 4 rings (SSSR count). The Morgan fingerprint density at radius 2 is 1.90 bits per heavy atom. The van der Waals surface area contributed by atoms with Crippen LogP contribution in [0.1, 0.15) is 0 Å². The van der Waals surface area contributed by atoms with Crippen molar-refractivity contribution < 1.29 is 17.6 Å². The molecule has 7 nitrogen and oxygen atoms in total. The molecular formula is C21H17FN4O3S2. The Morgan fingerprint density at radius 3 is 2.58 bits per heavy atom. The van der Waals surface area contributed by atoms with Gasteiger partial charge in [-0.2, -0.15) is 5.26 Å². The number of nitrogens with one attached hydrogen (secondary N) is 1. The van der Waals surface area contributed by atoms with Crippen molar-refractivity contribution in [2.24, 2.45) is 4.99 Å². The molecule has 2 aliphatic heterocycles. The number of hydrogen-bond donors (Lipinski definition) is 1. The number of fused-ring (bicyclic) bond motifs is 1. The first kappa shape index (κ1) is 21.1. The van der Waals surface area contributed by atoms with Crippen molar-refractivity contribution in [1.82, 2.24) is 0 Å². The van der Waals surface area contributed by atoms with Crippen LogP contribution in [0.25, 0.3) is 0 Å². The predicted octanol–water partition coefficient (Wildman–Crippen LogP) is 2.95.